The van der Waals surface area contributed by atoms with Crippen LogP contribution in [0.4, 0.5) is 0 Å². The van der Waals surface area contributed by atoms with Crippen molar-refractivity contribution in [3.63, 3.8) is 0 Å². The molecule has 0 saturated carbocycles. The van der Waals surface area contributed by atoms with E-state index < -0.39 is 0 Å². The number of nitrogens with zero attached hydrogens (tertiary/aromatic N) is 2. The molecule has 1 aromatic heterocycles. The minimum Gasteiger partial charge on any atom is -0.337 e. The van der Waals surface area contributed by atoms with Gasteiger partial charge in [0, 0.05) is 18.2 Å². The van der Waals surface area contributed by atoms with Crippen molar-refractivity contribution in [3.05, 3.63) is 78.6 Å². The van der Waals surface area contributed by atoms with Crippen molar-refractivity contribution in [3.8, 4) is 22.3 Å². The van der Waals surface area contributed by atoms with Crippen molar-refractivity contribution < 1.29 is 0 Å². The summed E-state index contributed by atoms with van der Waals surface area (Å²) < 4.78 is 0. The van der Waals surface area contributed by atoms with Gasteiger partial charge in [-0.1, -0.05) is 72.8 Å². The Hall–Kier alpha value is -3.20. The van der Waals surface area contributed by atoms with Crippen LogP contribution in [0.3, 0.4) is 0 Å². The fraction of sp³-hybridized carbons (Fsp3) is 0.0476. The Morgan fingerprint density at radius 3 is 2.00 bits per heavy atom. The highest BCUT2D eigenvalue weighted by Gasteiger charge is 2.13. The second kappa shape index (κ2) is 6.13. The van der Waals surface area contributed by atoms with E-state index >= 15 is 0 Å². The monoisotopic (exact) mass is 311 g/mol. The number of hydrogen-bond acceptors (Lipinski definition) is 2. The van der Waals surface area contributed by atoms with Gasteiger partial charge in [-0.05, 0) is 11.1 Å². The van der Waals surface area contributed by atoms with Crippen LogP contribution in [-0.4, -0.2) is 23.2 Å². The molecule has 0 atom stereocenters. The molecular formula is C21H17N3. The van der Waals surface area contributed by atoms with Gasteiger partial charge in [0.2, 0.25) is 0 Å². The lowest BCUT2D eigenvalue weighted by atomic mass is 9.98. The molecule has 3 nitrogen and oxygen atoms in total. The first-order chi connectivity index (χ1) is 11.9. The number of nitrogens with one attached hydrogen (secondary N) is 1. The Kier molecular flexibility index (Phi) is 3.67. The SMILES string of the molecule is C/N=C/c1nc2c(-c3ccccc3)ccc(-c3ccccc3)c2[nH]1. The van der Waals surface area contributed by atoms with Crippen molar-refractivity contribution in [1.29, 1.82) is 0 Å². The molecule has 116 valence electrons. The average Bonchev–Trinajstić information content (AvgIpc) is 3.06. The van der Waals surface area contributed by atoms with Crippen LogP contribution < -0.4 is 0 Å². The first kappa shape index (κ1) is 14.4. The zero-order valence-corrected chi connectivity index (χ0v) is 13.4. The molecule has 0 radical (unpaired) electrons. The minimum atomic E-state index is 0.771. The molecule has 0 spiro atoms. The molecule has 0 bridgehead atoms. The van der Waals surface area contributed by atoms with Crippen molar-refractivity contribution in [2.45, 2.75) is 0 Å². The highest BCUT2D eigenvalue weighted by atomic mass is 14.9. The third-order valence-electron chi connectivity index (χ3n) is 4.08. The summed E-state index contributed by atoms with van der Waals surface area (Å²) >= 11 is 0. The Morgan fingerprint density at radius 1 is 0.792 bits per heavy atom. The van der Waals surface area contributed by atoms with E-state index in [1.54, 1.807) is 13.3 Å². The van der Waals surface area contributed by atoms with Gasteiger partial charge < -0.3 is 4.98 Å². The number of fused-ring (bicyclic) bond motifs is 1. The molecule has 3 heteroatoms. The summed E-state index contributed by atoms with van der Waals surface area (Å²) in [5, 5.41) is 0. The highest BCUT2D eigenvalue weighted by molar-refractivity contribution is 6.02. The molecule has 3 aromatic carbocycles. The minimum absolute atomic E-state index is 0.771. The van der Waals surface area contributed by atoms with Gasteiger partial charge in [-0.3, -0.25) is 4.99 Å². The number of imidazole rings is 1. The van der Waals surface area contributed by atoms with Gasteiger partial charge in [0.05, 0.1) is 17.2 Å². The van der Waals surface area contributed by atoms with Gasteiger partial charge in [0.1, 0.15) is 5.82 Å². The Balaban J connectivity index is 2.01. The quantitative estimate of drug-likeness (QED) is 0.535. The first-order valence-corrected chi connectivity index (χ1v) is 7.92. The number of H-pyrrole nitrogens is 1. The molecule has 0 aliphatic carbocycles. The van der Waals surface area contributed by atoms with E-state index in [9.17, 15) is 0 Å². The number of rotatable bonds is 3. The largest absolute Gasteiger partial charge is 0.337 e. The Morgan fingerprint density at radius 2 is 1.38 bits per heavy atom. The fourth-order valence-corrected chi connectivity index (χ4v) is 3.00. The van der Waals surface area contributed by atoms with E-state index in [0.717, 1.165) is 33.5 Å². The lowest BCUT2D eigenvalue weighted by Gasteiger charge is -2.07. The molecule has 4 rings (SSSR count). The van der Waals surface area contributed by atoms with E-state index in [2.05, 4.69) is 58.5 Å². The normalized spacial score (nSPS) is 11.4. The lowest BCUT2D eigenvalue weighted by molar-refractivity contribution is 1.29. The summed E-state index contributed by atoms with van der Waals surface area (Å²) in [6.07, 6.45) is 1.75. The van der Waals surface area contributed by atoms with Gasteiger partial charge in [-0.2, -0.15) is 0 Å². The van der Waals surface area contributed by atoms with Crippen LogP contribution in [0.25, 0.3) is 33.3 Å². The average molecular weight is 311 g/mol. The fourth-order valence-electron chi connectivity index (χ4n) is 3.00. The third kappa shape index (κ3) is 2.50. The number of hydrogen-bond donors (Lipinski definition) is 1. The molecule has 0 aliphatic heterocycles. The molecule has 24 heavy (non-hydrogen) atoms. The molecule has 0 aliphatic rings. The molecule has 0 unspecified atom stereocenters. The van der Waals surface area contributed by atoms with E-state index in [1.807, 2.05) is 24.3 Å². The lowest BCUT2D eigenvalue weighted by Crippen LogP contribution is -1.85. The van der Waals surface area contributed by atoms with Gasteiger partial charge in [0.25, 0.3) is 0 Å². The van der Waals surface area contributed by atoms with E-state index in [4.69, 9.17) is 4.98 Å². The molecular weight excluding hydrogens is 294 g/mol. The van der Waals surface area contributed by atoms with Crippen LogP contribution in [0.2, 0.25) is 0 Å². The van der Waals surface area contributed by atoms with E-state index in [1.165, 1.54) is 5.56 Å². The maximum atomic E-state index is 4.76. The summed E-state index contributed by atoms with van der Waals surface area (Å²) in [5.41, 5.74) is 6.61. The third-order valence-corrected chi connectivity index (χ3v) is 4.08. The maximum Gasteiger partial charge on any atom is 0.149 e. The van der Waals surface area contributed by atoms with Crippen molar-refractivity contribution in [1.82, 2.24) is 9.97 Å². The first-order valence-electron chi connectivity index (χ1n) is 7.92. The molecule has 0 amide bonds. The molecule has 0 saturated heterocycles. The molecule has 0 fully saturated rings. The van der Waals surface area contributed by atoms with Gasteiger partial charge in [0.15, 0.2) is 0 Å². The summed E-state index contributed by atoms with van der Waals surface area (Å²) in [5.74, 6) is 0.771. The van der Waals surface area contributed by atoms with Crippen LogP contribution in [0.15, 0.2) is 77.8 Å². The molecule has 1 N–H and O–H groups in total. The smallest absolute Gasteiger partial charge is 0.149 e. The summed E-state index contributed by atoms with van der Waals surface area (Å²) in [4.78, 5) is 12.3. The van der Waals surface area contributed by atoms with Gasteiger partial charge in [-0.15, -0.1) is 0 Å². The van der Waals surface area contributed by atoms with Crippen LogP contribution in [0.5, 0.6) is 0 Å². The van der Waals surface area contributed by atoms with E-state index in [-0.39, 0.29) is 0 Å². The number of aromatic amines is 1. The summed E-state index contributed by atoms with van der Waals surface area (Å²) in [7, 11) is 1.75. The van der Waals surface area contributed by atoms with Crippen molar-refractivity contribution in [2.24, 2.45) is 4.99 Å². The number of aliphatic imine (C=N–C) groups is 1. The van der Waals surface area contributed by atoms with Crippen LogP contribution in [0.1, 0.15) is 5.82 Å². The second-order valence-electron chi connectivity index (χ2n) is 5.63. The molecule has 1 heterocycles. The number of aromatic nitrogens is 2. The van der Waals surface area contributed by atoms with Crippen LogP contribution >= 0.6 is 0 Å². The maximum absolute atomic E-state index is 4.76. The highest BCUT2D eigenvalue weighted by Crippen LogP contribution is 2.34. The standard InChI is InChI=1S/C21H17N3/c1-22-14-19-23-20-17(15-8-4-2-5-9-15)12-13-18(21(20)24-19)16-10-6-3-7-11-16/h2-14H,1H3,(H,23,24)/b22-14+. The van der Waals surface area contributed by atoms with Gasteiger partial charge >= 0.3 is 0 Å². The van der Waals surface area contributed by atoms with Crippen molar-refractivity contribution in [2.75, 3.05) is 7.05 Å². The number of benzene rings is 3. The van der Waals surface area contributed by atoms with E-state index in [0.29, 0.717) is 0 Å². The van der Waals surface area contributed by atoms with Crippen LogP contribution in [-0.2, 0) is 0 Å². The topological polar surface area (TPSA) is 41.0 Å². The zero-order valence-electron chi connectivity index (χ0n) is 13.4. The van der Waals surface area contributed by atoms with Crippen molar-refractivity contribution >= 4 is 17.2 Å². The summed E-state index contributed by atoms with van der Waals surface area (Å²) in [6.45, 7) is 0. The Labute approximate surface area is 140 Å². The second-order valence-corrected chi connectivity index (χ2v) is 5.63. The van der Waals surface area contributed by atoms with Crippen LogP contribution in [0, 0.1) is 0 Å². The summed E-state index contributed by atoms with van der Waals surface area (Å²) in [6, 6.07) is 25.0. The van der Waals surface area contributed by atoms with Gasteiger partial charge in [-0.25, -0.2) is 4.98 Å². The zero-order chi connectivity index (χ0) is 16.4. The Bertz CT molecular complexity index is 923. The predicted molar refractivity (Wildman–Crippen MR) is 100 cm³/mol. The molecule has 4 aromatic rings. The predicted octanol–water partition coefficient (Wildman–Crippen LogP) is 4.95.